The van der Waals surface area contributed by atoms with E-state index in [0.717, 1.165) is 36.9 Å². The summed E-state index contributed by atoms with van der Waals surface area (Å²) in [6.45, 7) is 10.7. The Hall–Kier alpha value is -1.83. The second-order valence-corrected chi connectivity index (χ2v) is 8.93. The molecule has 1 aromatic heterocycles. The lowest BCUT2D eigenvalue weighted by Gasteiger charge is -2.34. The molecule has 7 nitrogen and oxygen atoms in total. The maximum absolute atomic E-state index is 12.3. The predicted octanol–water partition coefficient (Wildman–Crippen LogP) is 2.76. The Bertz CT molecular complexity index is 623. The van der Waals surface area contributed by atoms with Gasteiger partial charge in [-0.2, -0.15) is 0 Å². The number of aliphatic imine (C=N–C) groups is 1. The van der Waals surface area contributed by atoms with Gasteiger partial charge in [0.1, 0.15) is 10.6 Å². The van der Waals surface area contributed by atoms with E-state index in [1.807, 2.05) is 38.8 Å². The molecular formula is C18H31N5O2S. The van der Waals surface area contributed by atoms with Gasteiger partial charge in [0.2, 0.25) is 0 Å². The first-order valence-electron chi connectivity index (χ1n) is 9.10. The monoisotopic (exact) mass is 381 g/mol. The number of guanidine groups is 1. The standard InChI is InChI=1S/C18H31N5O2S/c1-13-9-20-15(26-13)11-22-16(19-5)21-10-14-7-6-8-23(12-14)17(24)25-18(2,3)4/h9,14H,6-8,10-12H2,1-5H3,(H2,19,21,22). The number of nitrogens with one attached hydrogen (secondary N) is 2. The van der Waals surface area contributed by atoms with Gasteiger partial charge in [-0.05, 0) is 46.5 Å². The quantitative estimate of drug-likeness (QED) is 0.619. The largest absolute Gasteiger partial charge is 0.444 e. The van der Waals surface area contributed by atoms with Crippen molar-refractivity contribution in [2.75, 3.05) is 26.7 Å². The molecule has 1 saturated heterocycles. The molecule has 1 aromatic rings. The molecule has 1 fully saturated rings. The Labute approximate surface area is 160 Å². The van der Waals surface area contributed by atoms with Gasteiger partial charge in [0.05, 0.1) is 6.54 Å². The maximum Gasteiger partial charge on any atom is 0.410 e. The summed E-state index contributed by atoms with van der Waals surface area (Å²) in [4.78, 5) is 23.9. The first-order valence-corrected chi connectivity index (χ1v) is 9.92. The van der Waals surface area contributed by atoms with E-state index >= 15 is 0 Å². The van der Waals surface area contributed by atoms with Crippen molar-refractivity contribution in [2.45, 2.75) is 52.7 Å². The number of likely N-dealkylation sites (tertiary alicyclic amines) is 1. The second-order valence-electron chi connectivity index (χ2n) is 7.61. The van der Waals surface area contributed by atoms with Gasteiger partial charge in [-0.1, -0.05) is 0 Å². The molecule has 146 valence electrons. The van der Waals surface area contributed by atoms with Crippen LogP contribution in [0.1, 0.15) is 43.5 Å². The van der Waals surface area contributed by atoms with Gasteiger partial charge in [0.25, 0.3) is 0 Å². The van der Waals surface area contributed by atoms with E-state index < -0.39 is 5.60 Å². The second kappa shape index (κ2) is 9.21. The number of aromatic nitrogens is 1. The summed E-state index contributed by atoms with van der Waals surface area (Å²) in [5.74, 6) is 1.14. The number of carbonyl (C=O) groups is 1. The molecule has 8 heteroatoms. The van der Waals surface area contributed by atoms with Crippen molar-refractivity contribution in [2.24, 2.45) is 10.9 Å². The van der Waals surface area contributed by atoms with Gasteiger partial charge in [-0.3, -0.25) is 4.99 Å². The van der Waals surface area contributed by atoms with Crippen LogP contribution in [0.2, 0.25) is 0 Å². The summed E-state index contributed by atoms with van der Waals surface area (Å²) >= 11 is 1.68. The summed E-state index contributed by atoms with van der Waals surface area (Å²) in [6.07, 6.45) is 3.75. The van der Waals surface area contributed by atoms with Crippen LogP contribution < -0.4 is 10.6 Å². The van der Waals surface area contributed by atoms with Crippen molar-refractivity contribution in [3.8, 4) is 0 Å². The molecule has 1 atom stereocenters. The van der Waals surface area contributed by atoms with Crippen LogP contribution in [-0.4, -0.2) is 54.2 Å². The van der Waals surface area contributed by atoms with E-state index in [-0.39, 0.29) is 6.09 Å². The molecule has 26 heavy (non-hydrogen) atoms. The Morgan fingerprint density at radius 1 is 1.46 bits per heavy atom. The lowest BCUT2D eigenvalue weighted by atomic mass is 9.98. The number of carbonyl (C=O) groups excluding carboxylic acids is 1. The summed E-state index contributed by atoms with van der Waals surface area (Å²) < 4.78 is 5.49. The van der Waals surface area contributed by atoms with Gasteiger partial charge in [-0.25, -0.2) is 9.78 Å². The van der Waals surface area contributed by atoms with Crippen molar-refractivity contribution in [1.82, 2.24) is 20.5 Å². The van der Waals surface area contributed by atoms with Crippen LogP contribution in [-0.2, 0) is 11.3 Å². The van der Waals surface area contributed by atoms with Crippen molar-refractivity contribution >= 4 is 23.4 Å². The van der Waals surface area contributed by atoms with Crippen molar-refractivity contribution < 1.29 is 9.53 Å². The highest BCUT2D eigenvalue weighted by Gasteiger charge is 2.27. The van der Waals surface area contributed by atoms with Crippen LogP contribution in [0.15, 0.2) is 11.2 Å². The van der Waals surface area contributed by atoms with Crippen molar-refractivity contribution in [1.29, 1.82) is 0 Å². The first kappa shape index (κ1) is 20.5. The average Bonchev–Trinajstić information content (AvgIpc) is 2.99. The van der Waals surface area contributed by atoms with Crippen LogP contribution >= 0.6 is 11.3 Å². The minimum absolute atomic E-state index is 0.219. The van der Waals surface area contributed by atoms with Crippen molar-refractivity contribution in [3.05, 3.63) is 16.1 Å². The third kappa shape index (κ3) is 6.82. The van der Waals surface area contributed by atoms with E-state index in [4.69, 9.17) is 4.74 Å². The lowest BCUT2D eigenvalue weighted by Crippen LogP contribution is -2.47. The SMILES string of the molecule is CN=C(NCc1ncc(C)s1)NCC1CCCN(C(=O)OC(C)(C)C)C1. The molecule has 0 spiro atoms. The highest BCUT2D eigenvalue weighted by Crippen LogP contribution is 2.19. The van der Waals surface area contributed by atoms with E-state index in [2.05, 4.69) is 20.6 Å². The molecule has 2 rings (SSSR count). The molecule has 0 saturated carbocycles. The van der Waals surface area contributed by atoms with Gasteiger partial charge in [0, 0.05) is 37.8 Å². The minimum atomic E-state index is -0.456. The van der Waals surface area contributed by atoms with E-state index in [0.29, 0.717) is 19.0 Å². The predicted molar refractivity (Wildman–Crippen MR) is 106 cm³/mol. The fourth-order valence-electron chi connectivity index (χ4n) is 2.83. The molecule has 1 aliphatic rings. The average molecular weight is 382 g/mol. The number of thiazole rings is 1. The molecule has 2 heterocycles. The number of amides is 1. The number of ether oxygens (including phenoxy) is 1. The fraction of sp³-hybridized carbons (Fsp3) is 0.722. The number of aryl methyl sites for hydroxylation is 1. The summed E-state index contributed by atoms with van der Waals surface area (Å²) in [5.41, 5.74) is -0.456. The zero-order chi connectivity index (χ0) is 19.2. The summed E-state index contributed by atoms with van der Waals surface area (Å²) in [5, 5.41) is 7.69. The summed E-state index contributed by atoms with van der Waals surface area (Å²) in [6, 6.07) is 0. The Morgan fingerprint density at radius 3 is 2.85 bits per heavy atom. The third-order valence-electron chi connectivity index (χ3n) is 4.03. The highest BCUT2D eigenvalue weighted by atomic mass is 32.1. The highest BCUT2D eigenvalue weighted by molar-refractivity contribution is 7.11. The molecule has 0 bridgehead atoms. The normalized spacial score (nSPS) is 18.6. The van der Waals surface area contributed by atoms with Crippen LogP contribution in [0, 0.1) is 12.8 Å². The lowest BCUT2D eigenvalue weighted by molar-refractivity contribution is 0.0168. The molecular weight excluding hydrogens is 350 g/mol. The number of hydrogen-bond acceptors (Lipinski definition) is 5. The zero-order valence-corrected chi connectivity index (χ0v) is 17.3. The maximum atomic E-state index is 12.3. The molecule has 0 radical (unpaired) electrons. The van der Waals surface area contributed by atoms with Gasteiger partial charge in [0.15, 0.2) is 5.96 Å². The van der Waals surface area contributed by atoms with Gasteiger partial charge < -0.3 is 20.3 Å². The topological polar surface area (TPSA) is 78.9 Å². The van der Waals surface area contributed by atoms with Crippen LogP contribution in [0.25, 0.3) is 0 Å². The van der Waals surface area contributed by atoms with E-state index in [1.54, 1.807) is 18.4 Å². The third-order valence-corrected chi connectivity index (χ3v) is 4.94. The number of hydrogen-bond donors (Lipinski definition) is 2. The summed E-state index contributed by atoms with van der Waals surface area (Å²) in [7, 11) is 1.76. The minimum Gasteiger partial charge on any atom is -0.444 e. The smallest absolute Gasteiger partial charge is 0.410 e. The fourth-order valence-corrected chi connectivity index (χ4v) is 3.55. The number of nitrogens with zero attached hydrogens (tertiary/aromatic N) is 3. The zero-order valence-electron chi connectivity index (χ0n) is 16.5. The Kier molecular flexibility index (Phi) is 7.25. The van der Waals surface area contributed by atoms with Gasteiger partial charge >= 0.3 is 6.09 Å². The number of rotatable bonds is 4. The van der Waals surface area contributed by atoms with Gasteiger partial charge in [-0.15, -0.1) is 11.3 Å². The molecule has 1 amide bonds. The van der Waals surface area contributed by atoms with Crippen LogP contribution in [0.4, 0.5) is 4.79 Å². The molecule has 2 N–H and O–H groups in total. The Balaban J connectivity index is 1.77. The van der Waals surface area contributed by atoms with E-state index in [9.17, 15) is 4.79 Å². The Morgan fingerprint density at radius 2 is 2.23 bits per heavy atom. The molecule has 1 unspecified atom stereocenters. The molecule has 1 aliphatic heterocycles. The van der Waals surface area contributed by atoms with Crippen molar-refractivity contribution in [3.63, 3.8) is 0 Å². The van der Waals surface area contributed by atoms with E-state index in [1.165, 1.54) is 4.88 Å². The van der Waals surface area contributed by atoms with Crippen LogP contribution in [0.5, 0.6) is 0 Å². The first-order chi connectivity index (χ1) is 12.3. The van der Waals surface area contributed by atoms with Crippen LogP contribution in [0.3, 0.4) is 0 Å². The molecule has 0 aromatic carbocycles. The number of piperidine rings is 1. The molecule has 0 aliphatic carbocycles.